The van der Waals surface area contributed by atoms with E-state index >= 15 is 0 Å². The number of nitro groups is 1. The third-order valence-electron chi connectivity index (χ3n) is 3.32. The average molecular weight is 295 g/mol. The van der Waals surface area contributed by atoms with Crippen molar-refractivity contribution in [3.63, 3.8) is 0 Å². The van der Waals surface area contributed by atoms with Crippen LogP contribution in [0.5, 0.6) is 0 Å². The van der Waals surface area contributed by atoms with Gasteiger partial charge >= 0.3 is 0 Å². The number of benzene rings is 1. The second kappa shape index (κ2) is 7.38. The van der Waals surface area contributed by atoms with Crippen LogP contribution < -0.4 is 10.6 Å². The first kappa shape index (κ1) is 15.0. The standard InChI is InChI=1S/C14H21N3O2S/c1-2-15-11-7-12(9-13(8-11)17(18)19)16-10-14-5-3-4-6-20-14/h7-9,14-16H,2-6,10H2,1H3. The molecule has 0 radical (unpaired) electrons. The van der Waals surface area contributed by atoms with E-state index in [1.807, 2.05) is 24.8 Å². The van der Waals surface area contributed by atoms with Crippen molar-refractivity contribution in [1.82, 2.24) is 0 Å². The van der Waals surface area contributed by atoms with E-state index in [1.165, 1.54) is 25.0 Å². The fourth-order valence-electron chi connectivity index (χ4n) is 2.32. The molecule has 110 valence electrons. The molecular formula is C14H21N3O2S. The minimum atomic E-state index is -0.346. The fourth-order valence-corrected chi connectivity index (χ4v) is 3.56. The highest BCUT2D eigenvalue weighted by Crippen LogP contribution is 2.27. The van der Waals surface area contributed by atoms with Crippen LogP contribution in [0, 0.1) is 10.1 Å². The van der Waals surface area contributed by atoms with Gasteiger partial charge in [0.2, 0.25) is 0 Å². The van der Waals surface area contributed by atoms with Crippen LogP contribution in [0.4, 0.5) is 17.1 Å². The molecule has 1 unspecified atom stereocenters. The van der Waals surface area contributed by atoms with Crippen molar-refractivity contribution in [2.24, 2.45) is 0 Å². The van der Waals surface area contributed by atoms with Crippen LogP contribution in [-0.4, -0.2) is 29.0 Å². The molecule has 0 aliphatic carbocycles. The van der Waals surface area contributed by atoms with Gasteiger partial charge in [0.25, 0.3) is 5.69 Å². The zero-order valence-corrected chi connectivity index (χ0v) is 12.5. The van der Waals surface area contributed by atoms with Crippen LogP contribution in [0.15, 0.2) is 18.2 Å². The van der Waals surface area contributed by atoms with Gasteiger partial charge in [-0.25, -0.2) is 0 Å². The topological polar surface area (TPSA) is 67.2 Å². The van der Waals surface area contributed by atoms with Gasteiger partial charge in [0.15, 0.2) is 0 Å². The van der Waals surface area contributed by atoms with Crippen LogP contribution >= 0.6 is 11.8 Å². The van der Waals surface area contributed by atoms with E-state index in [-0.39, 0.29) is 10.6 Å². The summed E-state index contributed by atoms with van der Waals surface area (Å²) in [5.74, 6) is 1.23. The Bertz CT molecular complexity index is 462. The van der Waals surface area contributed by atoms with Crippen LogP contribution in [0.25, 0.3) is 0 Å². The lowest BCUT2D eigenvalue weighted by molar-refractivity contribution is -0.384. The maximum Gasteiger partial charge on any atom is 0.273 e. The van der Waals surface area contributed by atoms with Crippen LogP contribution in [-0.2, 0) is 0 Å². The van der Waals surface area contributed by atoms with E-state index in [1.54, 1.807) is 12.1 Å². The van der Waals surface area contributed by atoms with Crippen molar-refractivity contribution in [2.75, 3.05) is 29.5 Å². The number of nitrogens with one attached hydrogen (secondary N) is 2. The van der Waals surface area contributed by atoms with E-state index in [9.17, 15) is 10.1 Å². The van der Waals surface area contributed by atoms with Gasteiger partial charge in [-0.2, -0.15) is 11.8 Å². The van der Waals surface area contributed by atoms with Crippen molar-refractivity contribution in [2.45, 2.75) is 31.4 Å². The van der Waals surface area contributed by atoms with E-state index in [4.69, 9.17) is 0 Å². The molecule has 2 rings (SSSR count). The van der Waals surface area contributed by atoms with Gasteiger partial charge in [-0.1, -0.05) is 6.42 Å². The number of anilines is 2. The van der Waals surface area contributed by atoms with Gasteiger partial charge in [0.05, 0.1) is 4.92 Å². The van der Waals surface area contributed by atoms with Crippen LogP contribution in [0.1, 0.15) is 26.2 Å². The van der Waals surface area contributed by atoms with Crippen LogP contribution in [0.3, 0.4) is 0 Å². The van der Waals surface area contributed by atoms with Crippen molar-refractivity contribution >= 4 is 28.8 Å². The Balaban J connectivity index is 2.03. The number of thioether (sulfide) groups is 1. The SMILES string of the molecule is CCNc1cc(NCC2CCCCS2)cc([N+](=O)[O-])c1. The lowest BCUT2D eigenvalue weighted by Crippen LogP contribution is -2.20. The molecule has 1 heterocycles. The lowest BCUT2D eigenvalue weighted by atomic mass is 10.2. The van der Waals surface area contributed by atoms with Gasteiger partial charge in [-0.05, 0) is 31.6 Å². The monoisotopic (exact) mass is 295 g/mol. The quantitative estimate of drug-likeness (QED) is 0.618. The summed E-state index contributed by atoms with van der Waals surface area (Å²) in [7, 11) is 0. The summed E-state index contributed by atoms with van der Waals surface area (Å²) in [4.78, 5) is 10.6. The van der Waals surface area contributed by atoms with Gasteiger partial charge in [-0.15, -0.1) is 0 Å². The van der Waals surface area contributed by atoms with Gasteiger partial charge < -0.3 is 10.6 Å². The smallest absolute Gasteiger partial charge is 0.273 e. The first-order chi connectivity index (χ1) is 9.69. The normalized spacial score (nSPS) is 18.6. The maximum atomic E-state index is 11.0. The molecule has 5 nitrogen and oxygen atoms in total. The van der Waals surface area contributed by atoms with Crippen molar-refractivity contribution < 1.29 is 4.92 Å². The van der Waals surface area contributed by atoms with Crippen molar-refractivity contribution in [3.8, 4) is 0 Å². The Labute approximate surface area is 123 Å². The molecule has 1 aliphatic heterocycles. The average Bonchev–Trinajstić information content (AvgIpc) is 2.46. The molecule has 1 atom stereocenters. The Morgan fingerprint density at radius 2 is 2.05 bits per heavy atom. The number of rotatable bonds is 6. The highest BCUT2D eigenvalue weighted by molar-refractivity contribution is 7.99. The first-order valence-corrected chi connectivity index (χ1v) is 8.12. The molecular weight excluding hydrogens is 274 g/mol. The zero-order valence-electron chi connectivity index (χ0n) is 11.7. The van der Waals surface area contributed by atoms with Crippen molar-refractivity contribution in [1.29, 1.82) is 0 Å². The first-order valence-electron chi connectivity index (χ1n) is 7.08. The second-order valence-corrected chi connectivity index (χ2v) is 6.33. The molecule has 0 bridgehead atoms. The molecule has 0 spiro atoms. The second-order valence-electron chi connectivity index (χ2n) is 4.93. The lowest BCUT2D eigenvalue weighted by Gasteiger charge is -2.22. The summed E-state index contributed by atoms with van der Waals surface area (Å²) in [6.07, 6.45) is 3.83. The van der Waals surface area contributed by atoms with E-state index in [0.29, 0.717) is 5.25 Å². The molecule has 20 heavy (non-hydrogen) atoms. The molecule has 1 fully saturated rings. The predicted molar refractivity (Wildman–Crippen MR) is 85.8 cm³/mol. The number of hydrogen-bond acceptors (Lipinski definition) is 5. The fraction of sp³-hybridized carbons (Fsp3) is 0.571. The Morgan fingerprint density at radius 1 is 1.30 bits per heavy atom. The molecule has 0 amide bonds. The Hall–Kier alpha value is -1.43. The maximum absolute atomic E-state index is 11.0. The zero-order chi connectivity index (χ0) is 14.4. The predicted octanol–water partition coefficient (Wildman–Crippen LogP) is 3.72. The molecule has 0 aromatic heterocycles. The van der Waals surface area contributed by atoms with Gasteiger partial charge in [0.1, 0.15) is 0 Å². The van der Waals surface area contributed by atoms with E-state index in [0.717, 1.165) is 24.5 Å². The Kier molecular flexibility index (Phi) is 5.52. The molecule has 1 aliphatic rings. The third-order valence-corrected chi connectivity index (χ3v) is 4.72. The summed E-state index contributed by atoms with van der Waals surface area (Å²) in [6, 6.07) is 5.11. The number of nitrogens with zero attached hydrogens (tertiary/aromatic N) is 1. The van der Waals surface area contributed by atoms with Gasteiger partial charge in [-0.3, -0.25) is 10.1 Å². The van der Waals surface area contributed by atoms with Gasteiger partial charge in [0, 0.05) is 41.8 Å². The molecule has 1 aromatic rings. The number of non-ortho nitro benzene ring substituents is 1. The molecule has 1 saturated heterocycles. The number of hydrogen-bond donors (Lipinski definition) is 2. The summed E-state index contributed by atoms with van der Waals surface area (Å²) < 4.78 is 0. The third kappa shape index (κ3) is 4.30. The summed E-state index contributed by atoms with van der Waals surface area (Å²) in [6.45, 7) is 3.60. The summed E-state index contributed by atoms with van der Waals surface area (Å²) >= 11 is 2.00. The Morgan fingerprint density at radius 3 is 2.65 bits per heavy atom. The molecule has 6 heteroatoms. The van der Waals surface area contributed by atoms with E-state index in [2.05, 4.69) is 10.6 Å². The molecule has 1 aromatic carbocycles. The minimum absolute atomic E-state index is 0.127. The highest BCUT2D eigenvalue weighted by atomic mass is 32.2. The number of nitro benzene ring substituents is 1. The summed E-state index contributed by atoms with van der Waals surface area (Å²) in [5.41, 5.74) is 1.74. The largest absolute Gasteiger partial charge is 0.385 e. The highest BCUT2D eigenvalue weighted by Gasteiger charge is 2.15. The van der Waals surface area contributed by atoms with E-state index < -0.39 is 0 Å². The van der Waals surface area contributed by atoms with Crippen molar-refractivity contribution in [3.05, 3.63) is 28.3 Å². The van der Waals surface area contributed by atoms with Crippen LogP contribution in [0.2, 0.25) is 0 Å². The summed E-state index contributed by atoms with van der Waals surface area (Å²) in [5, 5.41) is 18.1. The minimum Gasteiger partial charge on any atom is -0.385 e. The molecule has 0 saturated carbocycles. The molecule has 2 N–H and O–H groups in total.